The second kappa shape index (κ2) is 10.7. The minimum absolute atomic E-state index is 0.117. The predicted molar refractivity (Wildman–Crippen MR) is 120 cm³/mol. The number of methoxy groups -OCH3 is 1. The summed E-state index contributed by atoms with van der Waals surface area (Å²) >= 11 is 2.73. The molecule has 0 bridgehead atoms. The molecule has 32 heavy (non-hydrogen) atoms. The third kappa shape index (κ3) is 5.37. The van der Waals surface area contributed by atoms with E-state index >= 15 is 0 Å². The van der Waals surface area contributed by atoms with E-state index in [1.54, 1.807) is 24.1 Å². The van der Waals surface area contributed by atoms with Gasteiger partial charge >= 0.3 is 0 Å². The van der Waals surface area contributed by atoms with Gasteiger partial charge < -0.3 is 19.8 Å². The van der Waals surface area contributed by atoms with Crippen molar-refractivity contribution >= 4 is 39.9 Å². The fourth-order valence-corrected chi connectivity index (χ4v) is 5.47. The molecule has 0 aromatic carbocycles. The summed E-state index contributed by atoms with van der Waals surface area (Å²) in [5.41, 5.74) is 1.64. The molecule has 4 rings (SSSR count). The van der Waals surface area contributed by atoms with Crippen molar-refractivity contribution in [3.05, 3.63) is 40.2 Å². The number of anilines is 1. The molecule has 2 amide bonds. The van der Waals surface area contributed by atoms with Gasteiger partial charge in [0.05, 0.1) is 24.2 Å². The van der Waals surface area contributed by atoms with E-state index in [2.05, 4.69) is 26.2 Å². The highest BCUT2D eigenvalue weighted by molar-refractivity contribution is 7.99. The van der Waals surface area contributed by atoms with Gasteiger partial charge in [0.15, 0.2) is 0 Å². The Labute approximate surface area is 193 Å². The highest BCUT2D eigenvalue weighted by atomic mass is 32.2. The smallest absolute Gasteiger partial charge is 0.254 e. The molecule has 170 valence electrons. The molecule has 0 spiro atoms. The van der Waals surface area contributed by atoms with E-state index in [1.807, 2.05) is 6.07 Å². The average Bonchev–Trinajstić information content (AvgIpc) is 3.53. The van der Waals surface area contributed by atoms with Crippen LogP contribution in [0.25, 0.3) is 0 Å². The largest absolute Gasteiger partial charge is 0.467 e. The summed E-state index contributed by atoms with van der Waals surface area (Å²) in [5.74, 6) is 0.446. The summed E-state index contributed by atoms with van der Waals surface area (Å²) in [4.78, 5) is 26.7. The van der Waals surface area contributed by atoms with Crippen LogP contribution in [0.1, 0.15) is 39.4 Å². The van der Waals surface area contributed by atoms with E-state index in [-0.39, 0.29) is 17.6 Å². The maximum atomic E-state index is 12.8. The van der Waals surface area contributed by atoms with Crippen molar-refractivity contribution in [1.29, 1.82) is 0 Å². The van der Waals surface area contributed by atoms with Gasteiger partial charge in [0, 0.05) is 18.5 Å². The Morgan fingerprint density at radius 2 is 2.22 bits per heavy atom. The van der Waals surface area contributed by atoms with E-state index in [1.165, 1.54) is 28.0 Å². The van der Waals surface area contributed by atoms with Gasteiger partial charge in [0.2, 0.25) is 11.1 Å². The number of nitrogens with zero attached hydrogens (tertiary/aromatic N) is 4. The number of amides is 2. The van der Waals surface area contributed by atoms with Crippen LogP contribution in [0.5, 0.6) is 0 Å². The summed E-state index contributed by atoms with van der Waals surface area (Å²) in [6, 6.07) is 3.63. The number of thioether (sulfide) groups is 1. The molecule has 0 atom stereocenters. The van der Waals surface area contributed by atoms with Crippen LogP contribution >= 0.6 is 23.1 Å². The topological polar surface area (TPSA) is 124 Å². The number of thiophene rings is 1. The standard InChI is InChI=1S/C20H24N6O4S2/c1-29-10-8-21-18(28)17-14-6-2-3-7-15(14)32-19(17)22-16(27)12-31-20-23-24-25-26(20)11-13-5-4-9-30-13/h4-5,9H,2-3,6-8,10-12H2,1H3,(H,21,28)(H,22,27). The van der Waals surface area contributed by atoms with Gasteiger partial charge in [-0.1, -0.05) is 11.8 Å². The van der Waals surface area contributed by atoms with Gasteiger partial charge in [-0.05, 0) is 53.8 Å². The first-order valence-electron chi connectivity index (χ1n) is 10.3. The SMILES string of the molecule is COCCNC(=O)c1c(NC(=O)CSc2nnnn2Cc2ccco2)sc2c1CCCC2. The lowest BCUT2D eigenvalue weighted by molar-refractivity contribution is -0.113. The first-order chi connectivity index (χ1) is 15.7. The number of hydrogen-bond acceptors (Lipinski definition) is 9. The second-order valence-electron chi connectivity index (χ2n) is 7.20. The van der Waals surface area contributed by atoms with Gasteiger partial charge in [0.1, 0.15) is 17.3 Å². The van der Waals surface area contributed by atoms with Gasteiger partial charge in [0.25, 0.3) is 5.91 Å². The molecule has 3 aromatic rings. The predicted octanol–water partition coefficient (Wildman–Crippen LogP) is 2.36. The first kappa shape index (κ1) is 22.5. The number of furan rings is 1. The van der Waals surface area contributed by atoms with Crippen LogP contribution in [0.2, 0.25) is 0 Å². The van der Waals surface area contributed by atoms with E-state index < -0.39 is 0 Å². The molecule has 3 aromatic heterocycles. The van der Waals surface area contributed by atoms with Crippen molar-refractivity contribution in [2.24, 2.45) is 0 Å². The Bertz CT molecular complexity index is 1060. The normalized spacial score (nSPS) is 13.0. The Balaban J connectivity index is 1.41. The number of aromatic nitrogens is 4. The number of nitrogens with one attached hydrogen (secondary N) is 2. The zero-order valence-corrected chi connectivity index (χ0v) is 19.3. The quantitative estimate of drug-likeness (QED) is 0.338. The van der Waals surface area contributed by atoms with Crippen molar-refractivity contribution in [3.63, 3.8) is 0 Å². The lowest BCUT2D eigenvalue weighted by Crippen LogP contribution is -2.29. The molecule has 0 saturated heterocycles. The molecular weight excluding hydrogens is 452 g/mol. The van der Waals surface area contributed by atoms with Gasteiger partial charge in [-0.2, -0.15) is 0 Å². The van der Waals surface area contributed by atoms with Crippen LogP contribution in [0.3, 0.4) is 0 Å². The molecule has 0 radical (unpaired) electrons. The van der Waals surface area contributed by atoms with Gasteiger partial charge in [-0.15, -0.1) is 16.4 Å². The molecule has 2 N–H and O–H groups in total. The Morgan fingerprint density at radius 3 is 3.03 bits per heavy atom. The van der Waals surface area contributed by atoms with Crippen LogP contribution in [-0.4, -0.2) is 58.0 Å². The van der Waals surface area contributed by atoms with E-state index in [0.29, 0.717) is 35.4 Å². The Kier molecular flexibility index (Phi) is 7.55. The third-order valence-corrected chi connectivity index (χ3v) is 7.12. The minimum Gasteiger partial charge on any atom is -0.467 e. The molecule has 12 heteroatoms. The molecule has 0 fully saturated rings. The van der Waals surface area contributed by atoms with Crippen LogP contribution in [0.4, 0.5) is 5.00 Å². The highest BCUT2D eigenvalue weighted by Crippen LogP contribution is 2.38. The second-order valence-corrected chi connectivity index (χ2v) is 9.25. The minimum atomic E-state index is -0.216. The maximum absolute atomic E-state index is 12.8. The lowest BCUT2D eigenvalue weighted by Gasteiger charge is -2.13. The van der Waals surface area contributed by atoms with E-state index in [9.17, 15) is 9.59 Å². The molecule has 3 heterocycles. The molecule has 0 unspecified atom stereocenters. The number of aryl methyl sites for hydroxylation is 1. The average molecular weight is 477 g/mol. The molecule has 1 aliphatic rings. The van der Waals surface area contributed by atoms with Crippen LogP contribution in [-0.2, 0) is 28.9 Å². The Morgan fingerprint density at radius 1 is 1.34 bits per heavy atom. The van der Waals surface area contributed by atoms with Crippen molar-refractivity contribution in [2.45, 2.75) is 37.4 Å². The fraction of sp³-hybridized carbons (Fsp3) is 0.450. The lowest BCUT2D eigenvalue weighted by atomic mass is 9.95. The van der Waals surface area contributed by atoms with Gasteiger partial charge in [-0.3, -0.25) is 9.59 Å². The van der Waals surface area contributed by atoms with E-state index in [0.717, 1.165) is 37.0 Å². The summed E-state index contributed by atoms with van der Waals surface area (Å²) in [6.07, 6.45) is 5.52. The number of ether oxygens (including phenoxy) is 1. The summed E-state index contributed by atoms with van der Waals surface area (Å²) in [6.45, 7) is 1.23. The number of carbonyl (C=O) groups excluding carboxylic acids is 2. The van der Waals surface area contributed by atoms with Crippen LogP contribution < -0.4 is 10.6 Å². The number of rotatable bonds is 10. The first-order valence-corrected chi connectivity index (χ1v) is 12.1. The molecule has 0 aliphatic heterocycles. The molecule has 10 nitrogen and oxygen atoms in total. The zero-order chi connectivity index (χ0) is 22.3. The van der Waals surface area contributed by atoms with Crippen molar-refractivity contribution in [2.75, 3.05) is 31.3 Å². The maximum Gasteiger partial charge on any atom is 0.254 e. The fourth-order valence-electron chi connectivity index (χ4n) is 3.49. The molecule has 1 aliphatic carbocycles. The number of carbonyl (C=O) groups is 2. The summed E-state index contributed by atoms with van der Waals surface area (Å²) in [7, 11) is 1.59. The number of tetrazole rings is 1. The van der Waals surface area contributed by atoms with Crippen molar-refractivity contribution < 1.29 is 18.7 Å². The van der Waals surface area contributed by atoms with Crippen molar-refractivity contribution in [3.8, 4) is 0 Å². The van der Waals surface area contributed by atoms with Crippen LogP contribution in [0, 0.1) is 0 Å². The van der Waals surface area contributed by atoms with Gasteiger partial charge in [-0.25, -0.2) is 4.68 Å². The number of hydrogen-bond donors (Lipinski definition) is 2. The molecule has 0 saturated carbocycles. The molecular formula is C20H24N6O4S2. The van der Waals surface area contributed by atoms with E-state index in [4.69, 9.17) is 9.15 Å². The monoisotopic (exact) mass is 476 g/mol. The third-order valence-electron chi connectivity index (χ3n) is 4.96. The number of fused-ring (bicyclic) bond motifs is 1. The van der Waals surface area contributed by atoms with Crippen molar-refractivity contribution in [1.82, 2.24) is 25.5 Å². The summed E-state index contributed by atoms with van der Waals surface area (Å²) in [5, 5.41) is 18.6. The Hall–Kier alpha value is -2.70. The zero-order valence-electron chi connectivity index (χ0n) is 17.6. The summed E-state index contributed by atoms with van der Waals surface area (Å²) < 4.78 is 11.9. The van der Waals surface area contributed by atoms with Crippen LogP contribution in [0.15, 0.2) is 28.0 Å². The highest BCUT2D eigenvalue weighted by Gasteiger charge is 2.26.